The molecule has 0 aliphatic heterocycles. The molecule has 110 valence electrons. The zero-order valence-corrected chi connectivity index (χ0v) is 12.3. The van der Waals surface area contributed by atoms with Crippen molar-refractivity contribution in [1.29, 1.82) is 0 Å². The Morgan fingerprint density at radius 2 is 2.35 bits per heavy atom. The van der Waals surface area contributed by atoms with Gasteiger partial charge >= 0.3 is 5.97 Å². The minimum atomic E-state index is -1.00. The van der Waals surface area contributed by atoms with Gasteiger partial charge in [-0.3, -0.25) is 4.79 Å². The van der Waals surface area contributed by atoms with E-state index in [1.165, 1.54) is 16.9 Å². The number of hydrogen-bond acceptors (Lipinski definition) is 4. The molecule has 5 nitrogen and oxygen atoms in total. The molecule has 2 N–H and O–H groups in total. The summed E-state index contributed by atoms with van der Waals surface area (Å²) in [4.78, 5) is 24.3. The van der Waals surface area contributed by atoms with Gasteiger partial charge in [0.05, 0.1) is 11.5 Å². The number of fused-ring (bicyclic) bond motifs is 1. The predicted molar refractivity (Wildman–Crippen MR) is 76.3 cm³/mol. The molecular weight excluding hydrogens is 278 g/mol. The minimum Gasteiger partial charge on any atom is -0.480 e. The first-order valence-electron chi connectivity index (χ1n) is 6.75. The number of carboxylic acids is 1. The molecule has 0 saturated carbocycles. The Morgan fingerprint density at radius 1 is 1.55 bits per heavy atom. The van der Waals surface area contributed by atoms with E-state index in [9.17, 15) is 9.59 Å². The van der Waals surface area contributed by atoms with Crippen molar-refractivity contribution in [3.8, 4) is 0 Å². The van der Waals surface area contributed by atoms with E-state index in [2.05, 4.69) is 12.2 Å². The molecule has 1 amide bonds. The highest BCUT2D eigenvalue weighted by Gasteiger charge is 2.20. The Kier molecular flexibility index (Phi) is 5.14. The molecule has 20 heavy (non-hydrogen) atoms. The lowest BCUT2D eigenvalue weighted by molar-refractivity contribution is -0.142. The number of nitrogens with one attached hydrogen (secondary N) is 1. The van der Waals surface area contributed by atoms with E-state index < -0.39 is 5.97 Å². The molecule has 0 bridgehead atoms. The molecular formula is C14H19NO4S. The van der Waals surface area contributed by atoms with E-state index in [1.807, 2.05) is 6.07 Å². The SMILES string of the molecule is CC1CCc2sc(C(=O)NCCOCC(=O)O)cc2C1. The van der Waals surface area contributed by atoms with E-state index in [0.717, 1.165) is 17.7 Å². The maximum Gasteiger partial charge on any atom is 0.329 e. The molecule has 0 fully saturated rings. The number of aryl methyl sites for hydroxylation is 1. The quantitative estimate of drug-likeness (QED) is 0.784. The number of carboxylic acid groups (broad SMARTS) is 1. The van der Waals surface area contributed by atoms with E-state index in [-0.39, 0.29) is 19.1 Å². The van der Waals surface area contributed by atoms with Gasteiger partial charge in [-0.2, -0.15) is 0 Å². The van der Waals surface area contributed by atoms with Gasteiger partial charge in [0, 0.05) is 11.4 Å². The van der Waals surface area contributed by atoms with Crippen LogP contribution in [0.3, 0.4) is 0 Å². The van der Waals surface area contributed by atoms with Gasteiger partial charge in [0.2, 0.25) is 0 Å². The third kappa shape index (κ3) is 4.05. The molecule has 1 aromatic heterocycles. The highest BCUT2D eigenvalue weighted by atomic mass is 32.1. The van der Waals surface area contributed by atoms with Crippen molar-refractivity contribution in [3.63, 3.8) is 0 Å². The predicted octanol–water partition coefficient (Wildman–Crippen LogP) is 1.70. The summed E-state index contributed by atoms with van der Waals surface area (Å²) in [6.45, 7) is 2.44. The maximum absolute atomic E-state index is 12.0. The van der Waals surface area contributed by atoms with Crippen LogP contribution in [0.15, 0.2) is 6.07 Å². The molecule has 0 aromatic carbocycles. The fourth-order valence-corrected chi connectivity index (χ4v) is 3.43. The van der Waals surface area contributed by atoms with Crippen molar-refractivity contribution in [2.24, 2.45) is 5.92 Å². The molecule has 1 aliphatic rings. The lowest BCUT2D eigenvalue weighted by Crippen LogP contribution is -2.27. The molecule has 0 saturated heterocycles. The van der Waals surface area contributed by atoms with Gasteiger partial charge in [-0.05, 0) is 36.8 Å². The first-order chi connectivity index (χ1) is 9.56. The van der Waals surface area contributed by atoms with Gasteiger partial charge in [-0.1, -0.05) is 6.92 Å². The van der Waals surface area contributed by atoms with Gasteiger partial charge in [0.15, 0.2) is 0 Å². The van der Waals surface area contributed by atoms with Gasteiger partial charge in [-0.25, -0.2) is 4.79 Å². The van der Waals surface area contributed by atoms with Gasteiger partial charge in [0.25, 0.3) is 5.91 Å². The topological polar surface area (TPSA) is 75.6 Å². The Bertz CT molecular complexity index is 497. The Labute approximate surface area is 121 Å². The average molecular weight is 297 g/mol. The number of carbonyl (C=O) groups excluding carboxylic acids is 1. The number of amides is 1. The smallest absolute Gasteiger partial charge is 0.329 e. The number of carbonyl (C=O) groups is 2. The van der Waals surface area contributed by atoms with E-state index in [0.29, 0.717) is 12.5 Å². The van der Waals surface area contributed by atoms with Crippen LogP contribution >= 0.6 is 11.3 Å². The first-order valence-corrected chi connectivity index (χ1v) is 7.57. The average Bonchev–Trinajstić information content (AvgIpc) is 2.80. The molecule has 1 heterocycles. The van der Waals surface area contributed by atoms with Crippen LogP contribution in [-0.4, -0.2) is 36.7 Å². The zero-order chi connectivity index (χ0) is 14.5. The number of ether oxygens (including phenoxy) is 1. The van der Waals surface area contributed by atoms with Crippen LogP contribution in [0.4, 0.5) is 0 Å². The third-order valence-corrected chi connectivity index (χ3v) is 4.55. The highest BCUT2D eigenvalue weighted by molar-refractivity contribution is 7.14. The van der Waals surface area contributed by atoms with Crippen LogP contribution in [0, 0.1) is 5.92 Å². The fourth-order valence-electron chi connectivity index (χ4n) is 2.30. The minimum absolute atomic E-state index is 0.101. The van der Waals surface area contributed by atoms with Crippen molar-refractivity contribution in [2.75, 3.05) is 19.8 Å². The van der Waals surface area contributed by atoms with Crippen LogP contribution in [0.1, 0.15) is 33.5 Å². The third-order valence-electron chi connectivity index (χ3n) is 3.31. The number of hydrogen-bond donors (Lipinski definition) is 2. The van der Waals surface area contributed by atoms with E-state index >= 15 is 0 Å². The number of aliphatic carboxylic acids is 1. The van der Waals surface area contributed by atoms with Crippen LogP contribution in [0.2, 0.25) is 0 Å². The second-order valence-corrected chi connectivity index (χ2v) is 6.25. The Balaban J connectivity index is 1.80. The Morgan fingerprint density at radius 3 is 3.10 bits per heavy atom. The van der Waals surface area contributed by atoms with E-state index in [1.54, 1.807) is 11.3 Å². The summed E-state index contributed by atoms with van der Waals surface area (Å²) in [6.07, 6.45) is 3.31. The molecule has 0 radical (unpaired) electrons. The van der Waals surface area contributed by atoms with Crippen molar-refractivity contribution >= 4 is 23.2 Å². The maximum atomic E-state index is 12.0. The lowest BCUT2D eigenvalue weighted by Gasteiger charge is -2.16. The zero-order valence-electron chi connectivity index (χ0n) is 11.5. The van der Waals surface area contributed by atoms with Gasteiger partial charge in [0.1, 0.15) is 6.61 Å². The van der Waals surface area contributed by atoms with Crippen molar-refractivity contribution < 1.29 is 19.4 Å². The van der Waals surface area contributed by atoms with Crippen LogP contribution < -0.4 is 5.32 Å². The van der Waals surface area contributed by atoms with Crippen molar-refractivity contribution in [2.45, 2.75) is 26.2 Å². The summed E-state index contributed by atoms with van der Waals surface area (Å²) in [5.74, 6) is -0.412. The summed E-state index contributed by atoms with van der Waals surface area (Å²) in [6, 6.07) is 1.99. The molecule has 1 unspecified atom stereocenters. The summed E-state index contributed by atoms with van der Waals surface area (Å²) in [5, 5.41) is 11.2. The number of rotatable bonds is 6. The summed E-state index contributed by atoms with van der Waals surface area (Å²) >= 11 is 1.57. The monoisotopic (exact) mass is 297 g/mol. The standard InChI is InChI=1S/C14H19NO4S/c1-9-2-3-11-10(6-9)7-12(20-11)14(18)15-4-5-19-8-13(16)17/h7,9H,2-6,8H2,1H3,(H,15,18)(H,16,17). The van der Waals surface area contributed by atoms with Crippen LogP contribution in [0.25, 0.3) is 0 Å². The van der Waals surface area contributed by atoms with Crippen molar-refractivity contribution in [1.82, 2.24) is 5.32 Å². The Hall–Kier alpha value is -1.40. The largest absolute Gasteiger partial charge is 0.480 e. The molecule has 1 aliphatic carbocycles. The highest BCUT2D eigenvalue weighted by Crippen LogP contribution is 2.32. The molecule has 1 aromatic rings. The van der Waals surface area contributed by atoms with Gasteiger partial charge < -0.3 is 15.2 Å². The molecule has 0 spiro atoms. The van der Waals surface area contributed by atoms with Crippen LogP contribution in [-0.2, 0) is 22.4 Å². The van der Waals surface area contributed by atoms with E-state index in [4.69, 9.17) is 9.84 Å². The second kappa shape index (κ2) is 6.85. The first kappa shape index (κ1) is 15.0. The molecule has 1 atom stereocenters. The lowest BCUT2D eigenvalue weighted by atomic mass is 9.90. The number of thiophene rings is 1. The summed E-state index contributed by atoms with van der Waals surface area (Å²) in [7, 11) is 0. The summed E-state index contributed by atoms with van der Waals surface area (Å²) < 4.78 is 4.87. The normalized spacial score (nSPS) is 17.6. The summed E-state index contributed by atoms with van der Waals surface area (Å²) in [5.41, 5.74) is 1.31. The van der Waals surface area contributed by atoms with Crippen molar-refractivity contribution in [3.05, 3.63) is 21.4 Å². The molecule has 2 rings (SSSR count). The molecule has 6 heteroatoms. The second-order valence-electron chi connectivity index (χ2n) is 5.11. The fraction of sp³-hybridized carbons (Fsp3) is 0.571. The van der Waals surface area contributed by atoms with Crippen LogP contribution in [0.5, 0.6) is 0 Å². The van der Waals surface area contributed by atoms with Gasteiger partial charge in [-0.15, -0.1) is 11.3 Å².